The number of aliphatic hydroxyl groups excluding tert-OH is 1. The summed E-state index contributed by atoms with van der Waals surface area (Å²) in [5.41, 5.74) is 0. The van der Waals surface area contributed by atoms with E-state index in [4.69, 9.17) is 23.7 Å². The van der Waals surface area contributed by atoms with Crippen LogP contribution >= 0.6 is 0 Å². The summed E-state index contributed by atoms with van der Waals surface area (Å²) in [7, 11) is 0. The van der Waals surface area contributed by atoms with Crippen molar-refractivity contribution in [2.75, 3.05) is 52.9 Å². The van der Waals surface area contributed by atoms with E-state index in [-0.39, 0.29) is 12.2 Å². The van der Waals surface area contributed by atoms with Crippen LogP contribution in [0.1, 0.15) is 40.5 Å². The first kappa shape index (κ1) is 22.8. The van der Waals surface area contributed by atoms with E-state index in [0.29, 0.717) is 46.2 Å². The van der Waals surface area contributed by atoms with Gasteiger partial charge in [-0.15, -0.1) is 0 Å². The highest BCUT2D eigenvalue weighted by Crippen LogP contribution is 2.02. The fourth-order valence-electron chi connectivity index (χ4n) is 1.87. The molecule has 0 spiro atoms. The Balaban J connectivity index is 4.01. The molecule has 3 atom stereocenters. The fourth-order valence-corrected chi connectivity index (χ4v) is 1.87. The van der Waals surface area contributed by atoms with Crippen LogP contribution in [-0.4, -0.2) is 76.3 Å². The molecule has 0 aromatic heterocycles. The number of hydrogen-bond acceptors (Lipinski definition) is 6. The molecule has 0 amide bonds. The minimum absolute atomic E-state index is 0.0536. The van der Waals surface area contributed by atoms with Crippen molar-refractivity contribution >= 4 is 0 Å². The molecule has 0 fully saturated rings. The second-order valence-electron chi connectivity index (χ2n) is 5.51. The van der Waals surface area contributed by atoms with E-state index in [2.05, 4.69) is 6.92 Å². The van der Waals surface area contributed by atoms with E-state index < -0.39 is 6.10 Å². The molecule has 0 saturated heterocycles. The van der Waals surface area contributed by atoms with Crippen LogP contribution in [0.2, 0.25) is 0 Å². The Morgan fingerprint density at radius 2 is 1.30 bits per heavy atom. The number of unbranched alkanes of at least 4 members (excludes halogenated alkanes) is 1. The van der Waals surface area contributed by atoms with Gasteiger partial charge in [-0.05, 0) is 27.2 Å². The summed E-state index contributed by atoms with van der Waals surface area (Å²) in [4.78, 5) is 0. The highest BCUT2D eigenvalue weighted by atomic mass is 16.6. The molecule has 0 aliphatic carbocycles. The molecule has 0 bridgehead atoms. The Morgan fingerprint density at radius 1 is 0.739 bits per heavy atom. The smallest absolute Gasteiger partial charge is 0.104 e. The Kier molecular flexibility index (Phi) is 16.4. The highest BCUT2D eigenvalue weighted by molar-refractivity contribution is 4.60. The van der Waals surface area contributed by atoms with Gasteiger partial charge in [0.05, 0.1) is 39.1 Å². The van der Waals surface area contributed by atoms with Crippen LogP contribution in [0.5, 0.6) is 0 Å². The average Bonchev–Trinajstić information content (AvgIpc) is 2.51. The normalized spacial score (nSPS) is 15.5. The van der Waals surface area contributed by atoms with Crippen molar-refractivity contribution in [3.8, 4) is 0 Å². The minimum Gasteiger partial charge on any atom is -0.391 e. The molecule has 0 aliphatic rings. The second-order valence-corrected chi connectivity index (χ2v) is 5.51. The van der Waals surface area contributed by atoms with Gasteiger partial charge in [-0.1, -0.05) is 13.3 Å². The third-order valence-electron chi connectivity index (χ3n) is 3.03. The van der Waals surface area contributed by atoms with Gasteiger partial charge in [0.15, 0.2) is 0 Å². The predicted molar refractivity (Wildman–Crippen MR) is 89.9 cm³/mol. The second kappa shape index (κ2) is 16.6. The number of aliphatic hydroxyl groups is 1. The SMILES string of the molecule is CCCCOC(COCC)COCC(COCC(C)O)OCC. The zero-order chi connectivity index (χ0) is 17.3. The van der Waals surface area contributed by atoms with E-state index in [1.165, 1.54) is 0 Å². The largest absolute Gasteiger partial charge is 0.391 e. The molecule has 6 nitrogen and oxygen atoms in total. The van der Waals surface area contributed by atoms with E-state index in [1.807, 2.05) is 13.8 Å². The van der Waals surface area contributed by atoms with Crippen LogP contribution in [0.4, 0.5) is 0 Å². The average molecular weight is 336 g/mol. The van der Waals surface area contributed by atoms with Gasteiger partial charge in [-0.25, -0.2) is 0 Å². The molecule has 0 radical (unpaired) electrons. The number of rotatable bonds is 17. The lowest BCUT2D eigenvalue weighted by molar-refractivity contribution is -0.0966. The quantitative estimate of drug-likeness (QED) is 0.410. The molecule has 0 rings (SSSR count). The lowest BCUT2D eigenvalue weighted by Crippen LogP contribution is -2.31. The molecule has 3 unspecified atom stereocenters. The molecule has 0 saturated carbocycles. The lowest BCUT2D eigenvalue weighted by atomic mass is 10.3. The fraction of sp³-hybridized carbons (Fsp3) is 1.00. The Morgan fingerprint density at radius 3 is 1.83 bits per heavy atom. The van der Waals surface area contributed by atoms with E-state index in [1.54, 1.807) is 6.92 Å². The number of hydrogen-bond donors (Lipinski definition) is 1. The summed E-state index contributed by atoms with van der Waals surface area (Å²) in [5, 5.41) is 9.20. The molecule has 6 heteroatoms. The molecule has 23 heavy (non-hydrogen) atoms. The Labute approximate surface area is 141 Å². The highest BCUT2D eigenvalue weighted by Gasteiger charge is 2.14. The van der Waals surface area contributed by atoms with E-state index in [9.17, 15) is 5.11 Å². The molecule has 0 aliphatic heterocycles. The van der Waals surface area contributed by atoms with E-state index >= 15 is 0 Å². The van der Waals surface area contributed by atoms with Gasteiger partial charge in [0.1, 0.15) is 12.2 Å². The summed E-state index contributed by atoms with van der Waals surface area (Å²) in [6.45, 7) is 11.9. The molecule has 0 aromatic rings. The van der Waals surface area contributed by atoms with Gasteiger partial charge in [-0.3, -0.25) is 0 Å². The first-order chi connectivity index (χ1) is 11.1. The molecule has 0 aromatic carbocycles. The van der Waals surface area contributed by atoms with Crippen LogP contribution in [0.15, 0.2) is 0 Å². The van der Waals surface area contributed by atoms with Crippen molar-refractivity contribution in [2.45, 2.75) is 58.8 Å². The summed E-state index contributed by atoms with van der Waals surface area (Å²) >= 11 is 0. The van der Waals surface area contributed by atoms with Crippen LogP contribution in [0.3, 0.4) is 0 Å². The van der Waals surface area contributed by atoms with Crippen molar-refractivity contribution in [1.29, 1.82) is 0 Å². The zero-order valence-corrected chi connectivity index (χ0v) is 15.3. The summed E-state index contributed by atoms with van der Waals surface area (Å²) in [5.74, 6) is 0. The van der Waals surface area contributed by atoms with Crippen LogP contribution < -0.4 is 0 Å². The maximum atomic E-state index is 9.20. The van der Waals surface area contributed by atoms with Gasteiger partial charge in [0.2, 0.25) is 0 Å². The minimum atomic E-state index is -0.472. The van der Waals surface area contributed by atoms with Gasteiger partial charge in [0, 0.05) is 19.8 Å². The van der Waals surface area contributed by atoms with Crippen LogP contribution in [-0.2, 0) is 23.7 Å². The topological polar surface area (TPSA) is 66.4 Å². The number of ether oxygens (including phenoxy) is 5. The van der Waals surface area contributed by atoms with E-state index in [0.717, 1.165) is 19.4 Å². The van der Waals surface area contributed by atoms with Crippen molar-refractivity contribution in [3.05, 3.63) is 0 Å². The maximum Gasteiger partial charge on any atom is 0.104 e. The van der Waals surface area contributed by atoms with Gasteiger partial charge < -0.3 is 28.8 Å². The van der Waals surface area contributed by atoms with Crippen molar-refractivity contribution in [3.63, 3.8) is 0 Å². The summed E-state index contributed by atoms with van der Waals surface area (Å²) < 4.78 is 27.9. The third-order valence-corrected chi connectivity index (χ3v) is 3.03. The predicted octanol–water partition coefficient (Wildman–Crippen LogP) is 2.03. The first-order valence-corrected chi connectivity index (χ1v) is 8.78. The van der Waals surface area contributed by atoms with Crippen molar-refractivity contribution < 1.29 is 28.8 Å². The van der Waals surface area contributed by atoms with Crippen LogP contribution in [0, 0.1) is 0 Å². The third kappa shape index (κ3) is 15.1. The monoisotopic (exact) mass is 336 g/mol. The van der Waals surface area contributed by atoms with Crippen molar-refractivity contribution in [2.24, 2.45) is 0 Å². The Hall–Kier alpha value is -0.240. The zero-order valence-electron chi connectivity index (χ0n) is 15.3. The maximum absolute atomic E-state index is 9.20. The molecular weight excluding hydrogens is 300 g/mol. The van der Waals surface area contributed by atoms with Gasteiger partial charge in [0.25, 0.3) is 0 Å². The van der Waals surface area contributed by atoms with Crippen LogP contribution in [0.25, 0.3) is 0 Å². The molecule has 1 N–H and O–H groups in total. The van der Waals surface area contributed by atoms with Gasteiger partial charge >= 0.3 is 0 Å². The molecule has 0 heterocycles. The molecular formula is C17H36O6. The van der Waals surface area contributed by atoms with Gasteiger partial charge in [-0.2, -0.15) is 0 Å². The van der Waals surface area contributed by atoms with Crippen molar-refractivity contribution in [1.82, 2.24) is 0 Å². The lowest BCUT2D eigenvalue weighted by Gasteiger charge is -2.21. The summed E-state index contributed by atoms with van der Waals surface area (Å²) in [6, 6.07) is 0. The Bertz CT molecular complexity index is 237. The molecule has 140 valence electrons. The standard InChI is InChI=1S/C17H36O6/c1-5-8-9-23-17(11-19-6-2)14-21-13-16(22-7-3)12-20-10-15(4)18/h15-18H,5-14H2,1-4H3. The first-order valence-electron chi connectivity index (χ1n) is 8.78. The summed E-state index contributed by atoms with van der Waals surface area (Å²) in [6.07, 6.45) is 1.48.